The van der Waals surface area contributed by atoms with Crippen molar-refractivity contribution in [2.75, 3.05) is 32.8 Å². The van der Waals surface area contributed by atoms with E-state index in [1.807, 2.05) is 18.2 Å². The molecule has 0 saturated carbocycles. The number of rotatable bonds is 4. The fourth-order valence-electron chi connectivity index (χ4n) is 3.70. The number of carbonyl (C=O) groups is 1. The summed E-state index contributed by atoms with van der Waals surface area (Å²) in [6, 6.07) is 10.5. The molecule has 2 saturated heterocycles. The Hall–Kier alpha value is -1.43. The van der Waals surface area contributed by atoms with Gasteiger partial charge in [-0.3, -0.25) is 4.79 Å². The van der Waals surface area contributed by atoms with Gasteiger partial charge in [-0.2, -0.15) is 0 Å². The summed E-state index contributed by atoms with van der Waals surface area (Å²) in [6.07, 6.45) is 3.29. The van der Waals surface area contributed by atoms with Crippen molar-refractivity contribution < 1.29 is 9.53 Å². The van der Waals surface area contributed by atoms with E-state index in [2.05, 4.69) is 22.3 Å². The van der Waals surface area contributed by atoms with E-state index in [1.54, 1.807) is 11.3 Å². The number of ether oxygens (including phenoxy) is 1. The third-order valence-corrected chi connectivity index (χ3v) is 6.23. The van der Waals surface area contributed by atoms with Crippen LogP contribution in [0, 0.1) is 5.92 Å². The number of piperidine rings is 1. The normalized spacial score (nSPS) is 22.9. The van der Waals surface area contributed by atoms with E-state index in [4.69, 9.17) is 4.74 Å². The summed E-state index contributed by atoms with van der Waals surface area (Å²) in [5, 5.41) is 4.38. The lowest BCUT2D eigenvalue weighted by atomic mass is 10.0. The van der Waals surface area contributed by atoms with Crippen LogP contribution in [-0.2, 0) is 4.74 Å². The summed E-state index contributed by atoms with van der Waals surface area (Å²) < 4.78 is 6.64. The van der Waals surface area contributed by atoms with Gasteiger partial charge in [-0.1, -0.05) is 18.2 Å². The highest BCUT2D eigenvalue weighted by molar-refractivity contribution is 7.20. The van der Waals surface area contributed by atoms with Crippen LogP contribution in [0.4, 0.5) is 0 Å². The smallest absolute Gasteiger partial charge is 0.261 e. The molecule has 0 bridgehead atoms. The van der Waals surface area contributed by atoms with Crippen molar-refractivity contribution in [1.29, 1.82) is 0 Å². The number of benzene rings is 1. The van der Waals surface area contributed by atoms with Gasteiger partial charge in [0.2, 0.25) is 0 Å². The van der Waals surface area contributed by atoms with Gasteiger partial charge in [0.25, 0.3) is 5.91 Å². The molecule has 1 aromatic carbocycles. The molecule has 0 aliphatic carbocycles. The van der Waals surface area contributed by atoms with Crippen molar-refractivity contribution in [2.24, 2.45) is 5.92 Å². The van der Waals surface area contributed by atoms with Crippen molar-refractivity contribution in [1.82, 2.24) is 10.2 Å². The van der Waals surface area contributed by atoms with Gasteiger partial charge in [0.1, 0.15) is 0 Å². The number of fused-ring (bicyclic) bond motifs is 1. The Morgan fingerprint density at radius 1 is 1.25 bits per heavy atom. The molecule has 24 heavy (non-hydrogen) atoms. The molecule has 3 heterocycles. The fraction of sp³-hybridized carbons (Fsp3) is 0.526. The summed E-state index contributed by atoms with van der Waals surface area (Å²) in [5.41, 5.74) is 0. The Balaban J connectivity index is 1.29. The first kappa shape index (κ1) is 16.1. The van der Waals surface area contributed by atoms with Gasteiger partial charge in [0, 0.05) is 37.0 Å². The first-order chi connectivity index (χ1) is 11.8. The van der Waals surface area contributed by atoms with Crippen LogP contribution in [0.1, 0.15) is 28.9 Å². The van der Waals surface area contributed by atoms with Crippen molar-refractivity contribution >= 4 is 27.3 Å². The Kier molecular flexibility index (Phi) is 4.83. The number of hydrogen-bond donors (Lipinski definition) is 1. The van der Waals surface area contributed by atoms with E-state index in [9.17, 15) is 4.79 Å². The number of hydrogen-bond acceptors (Lipinski definition) is 4. The quantitative estimate of drug-likeness (QED) is 0.926. The van der Waals surface area contributed by atoms with Crippen LogP contribution < -0.4 is 5.32 Å². The molecule has 4 rings (SSSR count). The lowest BCUT2D eigenvalue weighted by Gasteiger charge is -2.33. The van der Waals surface area contributed by atoms with Crippen LogP contribution >= 0.6 is 11.3 Å². The minimum Gasteiger partial charge on any atom is -0.381 e. The van der Waals surface area contributed by atoms with Crippen LogP contribution in [0.25, 0.3) is 10.1 Å². The summed E-state index contributed by atoms with van der Waals surface area (Å²) in [6.45, 7) is 5.15. The molecule has 2 aromatic rings. The molecule has 1 amide bonds. The number of thiophene rings is 1. The molecular weight excluding hydrogens is 320 g/mol. The van der Waals surface area contributed by atoms with E-state index in [-0.39, 0.29) is 5.91 Å². The maximum atomic E-state index is 12.5. The second-order valence-corrected chi connectivity index (χ2v) is 8.01. The molecule has 2 aliphatic heterocycles. The van der Waals surface area contributed by atoms with Gasteiger partial charge >= 0.3 is 0 Å². The molecule has 128 valence electrons. The zero-order chi connectivity index (χ0) is 16.4. The summed E-state index contributed by atoms with van der Waals surface area (Å²) in [4.78, 5) is 15.9. The summed E-state index contributed by atoms with van der Waals surface area (Å²) in [5.74, 6) is 0.786. The SMILES string of the molecule is O=C(NC1CCN(C[C@H]2CCOC2)CC1)c1cc2ccccc2s1. The zero-order valence-corrected chi connectivity index (χ0v) is 14.7. The maximum Gasteiger partial charge on any atom is 0.261 e. The van der Waals surface area contributed by atoms with Crippen LogP contribution in [0.2, 0.25) is 0 Å². The molecule has 1 atom stereocenters. The lowest BCUT2D eigenvalue weighted by molar-refractivity contribution is 0.0907. The Morgan fingerprint density at radius 2 is 2.08 bits per heavy atom. The number of amides is 1. The first-order valence-corrected chi connectivity index (χ1v) is 9.69. The zero-order valence-electron chi connectivity index (χ0n) is 13.9. The third-order valence-electron chi connectivity index (χ3n) is 5.11. The molecule has 5 heteroatoms. The predicted molar refractivity (Wildman–Crippen MR) is 97.7 cm³/mol. The second kappa shape index (κ2) is 7.21. The van der Waals surface area contributed by atoms with E-state index >= 15 is 0 Å². The van der Waals surface area contributed by atoms with Gasteiger partial charge in [0.15, 0.2) is 0 Å². The van der Waals surface area contributed by atoms with Crippen LogP contribution in [0.15, 0.2) is 30.3 Å². The Morgan fingerprint density at radius 3 is 2.83 bits per heavy atom. The molecule has 1 aromatic heterocycles. The van der Waals surface area contributed by atoms with Crippen LogP contribution in [-0.4, -0.2) is 49.7 Å². The number of carbonyl (C=O) groups excluding carboxylic acids is 1. The van der Waals surface area contributed by atoms with Gasteiger partial charge in [-0.05, 0) is 42.7 Å². The van der Waals surface area contributed by atoms with Crippen LogP contribution in [0.3, 0.4) is 0 Å². The number of nitrogens with one attached hydrogen (secondary N) is 1. The van der Waals surface area contributed by atoms with Crippen molar-refractivity contribution in [3.8, 4) is 0 Å². The van der Waals surface area contributed by atoms with Gasteiger partial charge in [-0.15, -0.1) is 11.3 Å². The van der Waals surface area contributed by atoms with E-state index in [0.717, 1.165) is 56.0 Å². The predicted octanol–water partition coefficient (Wildman–Crippen LogP) is 3.13. The number of nitrogens with zero attached hydrogens (tertiary/aromatic N) is 1. The summed E-state index contributed by atoms with van der Waals surface area (Å²) >= 11 is 1.58. The molecule has 1 N–H and O–H groups in total. The van der Waals surface area contributed by atoms with E-state index in [1.165, 1.54) is 11.1 Å². The average Bonchev–Trinajstić information content (AvgIpc) is 3.25. The average molecular weight is 344 g/mol. The minimum atomic E-state index is 0.0823. The highest BCUT2D eigenvalue weighted by atomic mass is 32.1. The first-order valence-electron chi connectivity index (χ1n) is 8.87. The molecule has 0 spiro atoms. The highest BCUT2D eigenvalue weighted by Gasteiger charge is 2.25. The molecule has 4 nitrogen and oxygen atoms in total. The van der Waals surface area contributed by atoms with Crippen molar-refractivity contribution in [2.45, 2.75) is 25.3 Å². The fourth-order valence-corrected chi connectivity index (χ4v) is 4.67. The van der Waals surface area contributed by atoms with E-state index in [0.29, 0.717) is 12.0 Å². The van der Waals surface area contributed by atoms with Gasteiger partial charge < -0.3 is 15.0 Å². The Labute approximate surface area is 146 Å². The third kappa shape index (κ3) is 3.63. The topological polar surface area (TPSA) is 41.6 Å². The molecule has 0 radical (unpaired) electrons. The molecule has 0 unspecified atom stereocenters. The number of likely N-dealkylation sites (tertiary alicyclic amines) is 1. The molecule has 2 aliphatic rings. The second-order valence-electron chi connectivity index (χ2n) is 6.93. The standard InChI is InChI=1S/C19H24N2O2S/c22-19(18-11-15-3-1-2-4-17(15)24-18)20-16-5-8-21(9-6-16)12-14-7-10-23-13-14/h1-4,11,14,16H,5-10,12-13H2,(H,20,22)/t14-/m1/s1. The maximum absolute atomic E-state index is 12.5. The monoisotopic (exact) mass is 344 g/mol. The minimum absolute atomic E-state index is 0.0823. The van der Waals surface area contributed by atoms with E-state index < -0.39 is 0 Å². The Bertz CT molecular complexity index is 667. The van der Waals surface area contributed by atoms with Gasteiger partial charge in [0.05, 0.1) is 11.5 Å². The van der Waals surface area contributed by atoms with Crippen molar-refractivity contribution in [3.63, 3.8) is 0 Å². The van der Waals surface area contributed by atoms with Gasteiger partial charge in [-0.25, -0.2) is 0 Å². The largest absolute Gasteiger partial charge is 0.381 e. The van der Waals surface area contributed by atoms with Crippen LogP contribution in [0.5, 0.6) is 0 Å². The lowest BCUT2D eigenvalue weighted by Crippen LogP contribution is -2.45. The summed E-state index contributed by atoms with van der Waals surface area (Å²) in [7, 11) is 0. The molecule has 2 fully saturated rings. The van der Waals surface area contributed by atoms with Crippen molar-refractivity contribution in [3.05, 3.63) is 35.2 Å². The highest BCUT2D eigenvalue weighted by Crippen LogP contribution is 2.25. The molecular formula is C19H24N2O2S.